The summed E-state index contributed by atoms with van der Waals surface area (Å²) in [6.07, 6.45) is 8.24. The largest absolute Gasteiger partial charge is 0.493 e. The minimum absolute atomic E-state index is 0.0287. The lowest BCUT2D eigenvalue weighted by atomic mass is 9.99. The molecule has 1 aliphatic heterocycles. The van der Waals surface area contributed by atoms with Crippen LogP contribution in [-0.2, 0) is 11.3 Å². The van der Waals surface area contributed by atoms with Crippen molar-refractivity contribution in [2.45, 2.75) is 19.4 Å². The van der Waals surface area contributed by atoms with Gasteiger partial charge in [0.05, 0.1) is 31.8 Å². The molecule has 5 aromatic rings. The molecule has 0 spiro atoms. The maximum absolute atomic E-state index is 13.7. The fourth-order valence-electron chi connectivity index (χ4n) is 5.64. The Morgan fingerprint density at radius 1 is 0.915 bits per heavy atom. The Labute approximate surface area is 271 Å². The number of aromatic nitrogens is 3. The number of hydrogen-bond acceptors (Lipinski definition) is 8. The molecule has 0 aliphatic carbocycles. The molecule has 47 heavy (non-hydrogen) atoms. The average molecular weight is 636 g/mol. The van der Waals surface area contributed by atoms with Crippen LogP contribution in [0.3, 0.4) is 0 Å². The third-order valence-electron chi connectivity index (χ3n) is 8.22. The number of pyridine rings is 3. The number of nitrogens with two attached hydrogens (primary N) is 1. The van der Waals surface area contributed by atoms with E-state index in [0.29, 0.717) is 71.1 Å². The predicted molar refractivity (Wildman–Crippen MR) is 178 cm³/mol. The molecule has 10 nitrogen and oxygen atoms in total. The summed E-state index contributed by atoms with van der Waals surface area (Å²) in [4.78, 5) is 36.0. The maximum atomic E-state index is 13.7. The summed E-state index contributed by atoms with van der Waals surface area (Å²) in [5.74, 6) is 0.838. The number of benzene rings is 2. The van der Waals surface area contributed by atoms with Crippen LogP contribution in [0.5, 0.6) is 11.5 Å². The van der Waals surface area contributed by atoms with Gasteiger partial charge in [0.2, 0.25) is 5.43 Å². The van der Waals surface area contributed by atoms with Crippen molar-refractivity contribution in [3.63, 3.8) is 0 Å². The van der Waals surface area contributed by atoms with Crippen molar-refractivity contribution in [3.8, 4) is 45.0 Å². The van der Waals surface area contributed by atoms with Gasteiger partial charge in [0.1, 0.15) is 17.2 Å². The number of nitrogens with one attached hydrogen (secondary N) is 1. The molecule has 6 rings (SSSR count). The normalized spacial score (nSPS) is 13.3. The van der Waals surface area contributed by atoms with Gasteiger partial charge >= 0.3 is 0 Å². The van der Waals surface area contributed by atoms with E-state index in [-0.39, 0.29) is 5.56 Å². The van der Waals surface area contributed by atoms with Crippen LogP contribution in [0.2, 0.25) is 0 Å². The van der Waals surface area contributed by atoms with Gasteiger partial charge in [0, 0.05) is 55.0 Å². The molecular formula is C36H34FN5O5. The van der Waals surface area contributed by atoms with Crippen LogP contribution in [0.1, 0.15) is 23.2 Å². The Kier molecular flexibility index (Phi) is 9.25. The SMILES string of the molecule is COc1ccc(-c2cnc(N)c(-c3ccc(NC(=O)c4cn(CC5CCOCC5)cc(-c5ccc(F)cc5)c4=O)cn3)c2)cc1OC. The van der Waals surface area contributed by atoms with E-state index >= 15 is 0 Å². The number of methoxy groups -OCH3 is 2. The number of rotatable bonds is 9. The minimum atomic E-state index is -0.578. The molecule has 4 heterocycles. The summed E-state index contributed by atoms with van der Waals surface area (Å²) < 4.78 is 31.8. The first-order valence-corrected chi connectivity index (χ1v) is 15.2. The Hall–Kier alpha value is -5.55. The molecule has 240 valence electrons. The van der Waals surface area contributed by atoms with E-state index < -0.39 is 17.2 Å². The number of anilines is 2. The van der Waals surface area contributed by atoms with E-state index in [9.17, 15) is 14.0 Å². The molecule has 0 bridgehead atoms. The van der Waals surface area contributed by atoms with Crippen molar-refractivity contribution in [2.75, 3.05) is 38.5 Å². The molecule has 3 aromatic heterocycles. The van der Waals surface area contributed by atoms with Crippen LogP contribution in [0.25, 0.3) is 33.5 Å². The third-order valence-corrected chi connectivity index (χ3v) is 8.22. The molecule has 0 atom stereocenters. The van der Waals surface area contributed by atoms with Gasteiger partial charge in [0.25, 0.3) is 5.91 Å². The molecule has 3 N–H and O–H groups in total. The number of carbonyl (C=O) groups excluding carboxylic acids is 1. The van der Waals surface area contributed by atoms with Gasteiger partial charge in [-0.3, -0.25) is 14.6 Å². The van der Waals surface area contributed by atoms with Gasteiger partial charge in [-0.05, 0) is 72.4 Å². The first-order valence-electron chi connectivity index (χ1n) is 15.2. The minimum Gasteiger partial charge on any atom is -0.493 e. The molecule has 11 heteroatoms. The Bertz CT molecular complexity index is 1960. The highest BCUT2D eigenvalue weighted by Crippen LogP contribution is 2.34. The van der Waals surface area contributed by atoms with Crippen molar-refractivity contribution in [1.29, 1.82) is 0 Å². The first-order chi connectivity index (χ1) is 22.8. The highest BCUT2D eigenvalue weighted by Gasteiger charge is 2.20. The molecule has 0 unspecified atom stereocenters. The van der Waals surface area contributed by atoms with Gasteiger partial charge in [-0.25, -0.2) is 9.37 Å². The van der Waals surface area contributed by atoms with Crippen molar-refractivity contribution in [3.05, 3.63) is 107 Å². The molecule has 1 saturated heterocycles. The fraction of sp³-hybridized carbons (Fsp3) is 0.222. The van der Waals surface area contributed by atoms with Crippen LogP contribution in [0, 0.1) is 11.7 Å². The third kappa shape index (κ3) is 7.00. The molecule has 2 aromatic carbocycles. The van der Waals surface area contributed by atoms with Crippen LogP contribution < -0.4 is 26.0 Å². The van der Waals surface area contributed by atoms with Crippen LogP contribution in [-0.4, -0.2) is 47.9 Å². The van der Waals surface area contributed by atoms with Gasteiger partial charge in [-0.1, -0.05) is 18.2 Å². The number of nitrogens with zero attached hydrogens (tertiary/aromatic N) is 3. The second-order valence-corrected chi connectivity index (χ2v) is 11.3. The Morgan fingerprint density at radius 2 is 1.66 bits per heavy atom. The lowest BCUT2D eigenvalue weighted by Gasteiger charge is -2.23. The zero-order chi connectivity index (χ0) is 32.9. The number of carbonyl (C=O) groups is 1. The topological polar surface area (TPSA) is 131 Å². The van der Waals surface area contributed by atoms with Crippen LogP contribution >= 0.6 is 0 Å². The molecule has 1 fully saturated rings. The molecule has 1 amide bonds. The average Bonchev–Trinajstić information content (AvgIpc) is 3.10. The molecule has 0 radical (unpaired) electrons. The van der Waals surface area contributed by atoms with Crippen molar-refractivity contribution < 1.29 is 23.4 Å². The fourth-order valence-corrected chi connectivity index (χ4v) is 5.64. The van der Waals surface area contributed by atoms with Crippen LogP contribution in [0.4, 0.5) is 15.9 Å². The summed E-state index contributed by atoms with van der Waals surface area (Å²) in [5.41, 5.74) is 9.80. The summed E-state index contributed by atoms with van der Waals surface area (Å²) >= 11 is 0. The number of hydrogen-bond donors (Lipinski definition) is 2. The number of halogens is 1. The molecule has 1 aliphatic rings. The summed E-state index contributed by atoms with van der Waals surface area (Å²) in [5, 5.41) is 2.80. The van der Waals surface area contributed by atoms with Crippen molar-refractivity contribution in [2.24, 2.45) is 5.92 Å². The van der Waals surface area contributed by atoms with Gasteiger partial charge in [-0.15, -0.1) is 0 Å². The summed E-state index contributed by atoms with van der Waals surface area (Å²) in [7, 11) is 3.15. The van der Waals surface area contributed by atoms with E-state index in [2.05, 4.69) is 15.3 Å². The quantitative estimate of drug-likeness (QED) is 0.200. The number of amides is 1. The number of ether oxygens (including phenoxy) is 3. The second-order valence-electron chi connectivity index (χ2n) is 11.3. The summed E-state index contributed by atoms with van der Waals surface area (Å²) in [6, 6.07) is 16.5. The Morgan fingerprint density at radius 3 is 2.36 bits per heavy atom. The van der Waals surface area contributed by atoms with Gasteiger partial charge < -0.3 is 29.8 Å². The zero-order valence-corrected chi connectivity index (χ0v) is 26.0. The van der Waals surface area contributed by atoms with E-state index in [0.717, 1.165) is 24.0 Å². The van der Waals surface area contributed by atoms with E-state index in [1.807, 2.05) is 28.8 Å². The Balaban J connectivity index is 1.26. The summed E-state index contributed by atoms with van der Waals surface area (Å²) in [6.45, 7) is 1.97. The van der Waals surface area contributed by atoms with Crippen molar-refractivity contribution >= 4 is 17.4 Å². The van der Waals surface area contributed by atoms with Crippen LogP contribution in [0.15, 0.2) is 90.2 Å². The van der Waals surface area contributed by atoms with E-state index in [1.54, 1.807) is 44.9 Å². The maximum Gasteiger partial charge on any atom is 0.261 e. The monoisotopic (exact) mass is 635 g/mol. The highest BCUT2D eigenvalue weighted by molar-refractivity contribution is 6.04. The standard InChI is InChI=1S/C36H34FN5O5/c1-45-32-10-5-24(16-33(32)46-2)25-15-28(35(38)40-17-25)31-9-8-27(18-39-31)41-36(44)30-21-42(19-22-11-13-47-14-12-22)20-29(34(30)43)23-3-6-26(37)7-4-23/h3-10,15-18,20-22H,11-14,19H2,1-2H3,(H2,38,40)(H,41,44). The molecular weight excluding hydrogens is 601 g/mol. The van der Waals surface area contributed by atoms with Gasteiger partial charge in [0.15, 0.2) is 11.5 Å². The predicted octanol–water partition coefficient (Wildman–Crippen LogP) is 6.06. The lowest BCUT2D eigenvalue weighted by molar-refractivity contribution is 0.0612. The smallest absolute Gasteiger partial charge is 0.261 e. The number of nitrogen functional groups attached to an aromatic ring is 1. The second kappa shape index (κ2) is 13.8. The van der Waals surface area contributed by atoms with E-state index in [4.69, 9.17) is 19.9 Å². The zero-order valence-electron chi connectivity index (χ0n) is 26.0. The van der Waals surface area contributed by atoms with Gasteiger partial charge in [-0.2, -0.15) is 0 Å². The lowest BCUT2D eigenvalue weighted by Crippen LogP contribution is -2.26. The first kappa shape index (κ1) is 31.4. The van der Waals surface area contributed by atoms with Crippen molar-refractivity contribution in [1.82, 2.24) is 14.5 Å². The molecule has 0 saturated carbocycles. The van der Waals surface area contributed by atoms with E-state index in [1.165, 1.54) is 30.5 Å². The highest BCUT2D eigenvalue weighted by atomic mass is 19.1.